The zero-order valence-corrected chi connectivity index (χ0v) is 17.3. The largest absolute Gasteiger partial charge is 0.510 e. The lowest BCUT2D eigenvalue weighted by Crippen LogP contribution is -2.26. The molecule has 0 fully saturated rings. The summed E-state index contributed by atoms with van der Waals surface area (Å²) in [4.78, 5) is 6.32. The van der Waals surface area contributed by atoms with Crippen molar-refractivity contribution in [3.05, 3.63) is 63.6 Å². The zero-order chi connectivity index (χ0) is 20.5. The molecule has 2 heterocycles. The van der Waals surface area contributed by atoms with E-state index >= 15 is 0 Å². The summed E-state index contributed by atoms with van der Waals surface area (Å²) in [6, 6.07) is 12.8. The van der Waals surface area contributed by atoms with Gasteiger partial charge in [-0.1, -0.05) is 23.7 Å². The maximum absolute atomic E-state index is 10.6. The quantitative estimate of drug-likeness (QED) is 0.581. The number of anilines is 1. The van der Waals surface area contributed by atoms with Crippen molar-refractivity contribution in [3.8, 4) is 22.8 Å². The van der Waals surface area contributed by atoms with Crippen LogP contribution in [0.5, 0.6) is 11.5 Å². The van der Waals surface area contributed by atoms with Crippen LogP contribution in [-0.2, 0) is 0 Å². The number of aliphatic hydroxyl groups is 1. The molecule has 1 aliphatic rings. The number of ether oxygens (including phenoxy) is 2. The van der Waals surface area contributed by atoms with Crippen molar-refractivity contribution in [3.63, 3.8) is 0 Å². The lowest BCUT2D eigenvalue weighted by Gasteiger charge is -2.21. The molecule has 0 unspecified atom stereocenters. The van der Waals surface area contributed by atoms with E-state index in [1.54, 1.807) is 31.3 Å². The van der Waals surface area contributed by atoms with Crippen molar-refractivity contribution in [2.75, 3.05) is 25.7 Å². The van der Waals surface area contributed by atoms with Crippen LogP contribution in [0.3, 0.4) is 0 Å². The molecule has 0 bridgehead atoms. The number of benzene rings is 2. The summed E-state index contributed by atoms with van der Waals surface area (Å²) in [5, 5.41) is 22.4. The number of halogens is 1. The van der Waals surface area contributed by atoms with E-state index in [2.05, 4.69) is 4.98 Å². The first-order valence-electron chi connectivity index (χ1n) is 8.74. The SMILES string of the molecule is COc1ccc(N2CC(O)=C(c3nc(-c4ccc(Cl)cc4)cs3)C2=N)c(OC)c1. The Labute approximate surface area is 177 Å². The Morgan fingerprint density at radius 1 is 1.14 bits per heavy atom. The van der Waals surface area contributed by atoms with Crippen LogP contribution in [0, 0.1) is 5.41 Å². The van der Waals surface area contributed by atoms with Crippen LogP contribution in [-0.4, -0.2) is 36.7 Å². The van der Waals surface area contributed by atoms with E-state index in [4.69, 9.17) is 26.5 Å². The van der Waals surface area contributed by atoms with Gasteiger partial charge in [0.05, 0.1) is 37.7 Å². The van der Waals surface area contributed by atoms with Crippen molar-refractivity contribution in [2.45, 2.75) is 0 Å². The van der Waals surface area contributed by atoms with Crippen molar-refractivity contribution in [2.24, 2.45) is 0 Å². The third kappa shape index (κ3) is 3.54. The van der Waals surface area contributed by atoms with Gasteiger partial charge < -0.3 is 19.5 Å². The van der Waals surface area contributed by atoms with Gasteiger partial charge in [0.15, 0.2) is 0 Å². The van der Waals surface area contributed by atoms with Gasteiger partial charge in [0, 0.05) is 22.0 Å². The number of nitrogens with zero attached hydrogens (tertiary/aromatic N) is 2. The standard InChI is InChI=1S/C21H18ClN3O3S/c1-27-14-7-8-16(18(9-14)28-2)25-10-17(26)19(20(25)23)21-24-15(11-29-21)12-3-5-13(22)6-4-12/h3-9,11,23,26H,10H2,1-2H3. The molecule has 0 amide bonds. The average molecular weight is 428 g/mol. The predicted octanol–water partition coefficient (Wildman–Crippen LogP) is 5.25. The Kier molecular flexibility index (Phi) is 5.17. The lowest BCUT2D eigenvalue weighted by molar-refractivity contribution is 0.393. The second-order valence-electron chi connectivity index (χ2n) is 6.34. The fourth-order valence-corrected chi connectivity index (χ4v) is 4.18. The molecule has 0 atom stereocenters. The summed E-state index contributed by atoms with van der Waals surface area (Å²) in [6.45, 7) is 0.173. The summed E-state index contributed by atoms with van der Waals surface area (Å²) in [6.07, 6.45) is 0. The zero-order valence-electron chi connectivity index (χ0n) is 15.8. The Morgan fingerprint density at radius 3 is 2.59 bits per heavy atom. The van der Waals surface area contributed by atoms with E-state index in [-0.39, 0.29) is 18.1 Å². The van der Waals surface area contributed by atoms with Crippen LogP contribution >= 0.6 is 22.9 Å². The van der Waals surface area contributed by atoms with Crippen LogP contribution < -0.4 is 14.4 Å². The highest BCUT2D eigenvalue weighted by atomic mass is 35.5. The molecule has 8 heteroatoms. The molecule has 0 radical (unpaired) electrons. The number of nitrogens with one attached hydrogen (secondary N) is 1. The molecule has 0 aliphatic carbocycles. The first-order chi connectivity index (χ1) is 14.0. The van der Waals surface area contributed by atoms with Crippen LogP contribution in [0.15, 0.2) is 53.6 Å². The van der Waals surface area contributed by atoms with Gasteiger partial charge >= 0.3 is 0 Å². The molecule has 1 aliphatic heterocycles. The second-order valence-corrected chi connectivity index (χ2v) is 7.63. The van der Waals surface area contributed by atoms with E-state index in [0.717, 1.165) is 11.3 Å². The molecule has 2 N–H and O–H groups in total. The number of aliphatic hydroxyl groups excluding tert-OH is 1. The van der Waals surface area contributed by atoms with Crippen LogP contribution in [0.25, 0.3) is 16.8 Å². The van der Waals surface area contributed by atoms with E-state index in [1.165, 1.54) is 11.3 Å². The molecule has 6 nitrogen and oxygen atoms in total. The first-order valence-corrected chi connectivity index (χ1v) is 10.00. The molecule has 4 rings (SSSR count). The Bertz CT molecular complexity index is 1110. The Balaban J connectivity index is 1.65. The van der Waals surface area contributed by atoms with Gasteiger partial charge in [-0.3, -0.25) is 5.41 Å². The third-order valence-corrected chi connectivity index (χ3v) is 5.75. The van der Waals surface area contributed by atoms with E-state index in [9.17, 15) is 5.11 Å². The summed E-state index contributed by atoms with van der Waals surface area (Å²) >= 11 is 7.34. The minimum absolute atomic E-state index is 0.102. The highest BCUT2D eigenvalue weighted by Gasteiger charge is 2.32. The van der Waals surface area contributed by atoms with Gasteiger partial charge in [0.25, 0.3) is 0 Å². The number of thiazole rings is 1. The van der Waals surface area contributed by atoms with Crippen LogP contribution in [0.2, 0.25) is 5.02 Å². The molecule has 0 saturated carbocycles. The maximum Gasteiger partial charge on any atom is 0.146 e. The average Bonchev–Trinajstić information content (AvgIpc) is 3.32. The normalized spacial score (nSPS) is 13.9. The van der Waals surface area contributed by atoms with Gasteiger partial charge in [0.1, 0.15) is 28.1 Å². The van der Waals surface area contributed by atoms with E-state index in [0.29, 0.717) is 32.8 Å². The van der Waals surface area contributed by atoms with Gasteiger partial charge in [-0.25, -0.2) is 4.98 Å². The smallest absolute Gasteiger partial charge is 0.146 e. The maximum atomic E-state index is 10.6. The topological polar surface area (TPSA) is 78.7 Å². The van der Waals surface area contributed by atoms with Gasteiger partial charge in [-0.2, -0.15) is 0 Å². The highest BCUT2D eigenvalue weighted by Crippen LogP contribution is 2.39. The fraction of sp³-hybridized carbons (Fsp3) is 0.143. The van der Waals surface area contributed by atoms with E-state index < -0.39 is 0 Å². The Hall–Kier alpha value is -3.03. The molecule has 3 aromatic rings. The number of methoxy groups -OCH3 is 2. The van der Waals surface area contributed by atoms with Crippen molar-refractivity contribution >= 4 is 40.0 Å². The molecule has 1 aromatic heterocycles. The molecule has 29 heavy (non-hydrogen) atoms. The first kappa shape index (κ1) is 19.3. The van der Waals surface area contributed by atoms with Gasteiger partial charge in [-0.05, 0) is 24.3 Å². The molecular weight excluding hydrogens is 410 g/mol. The summed E-state index contributed by atoms with van der Waals surface area (Å²) in [7, 11) is 3.14. The predicted molar refractivity (Wildman–Crippen MR) is 117 cm³/mol. The number of aromatic nitrogens is 1. The lowest BCUT2D eigenvalue weighted by atomic mass is 10.2. The summed E-state index contributed by atoms with van der Waals surface area (Å²) in [5.41, 5.74) is 2.80. The minimum atomic E-state index is 0.102. The number of hydrogen-bond donors (Lipinski definition) is 2. The van der Waals surface area contributed by atoms with Gasteiger partial charge in [-0.15, -0.1) is 11.3 Å². The molecule has 0 spiro atoms. The van der Waals surface area contributed by atoms with Crippen LogP contribution in [0.1, 0.15) is 5.01 Å². The Morgan fingerprint density at radius 2 is 1.90 bits per heavy atom. The summed E-state index contributed by atoms with van der Waals surface area (Å²) in [5.74, 6) is 1.48. The fourth-order valence-electron chi connectivity index (χ4n) is 3.16. The van der Waals surface area contributed by atoms with Gasteiger partial charge in [0.2, 0.25) is 0 Å². The third-order valence-electron chi connectivity index (χ3n) is 4.64. The molecule has 0 saturated heterocycles. The monoisotopic (exact) mass is 427 g/mol. The van der Waals surface area contributed by atoms with E-state index in [1.807, 2.05) is 35.7 Å². The second kappa shape index (κ2) is 7.77. The van der Waals surface area contributed by atoms with Crippen molar-refractivity contribution in [1.82, 2.24) is 4.98 Å². The highest BCUT2D eigenvalue weighted by molar-refractivity contribution is 7.11. The molecule has 2 aromatic carbocycles. The van der Waals surface area contributed by atoms with Crippen molar-refractivity contribution < 1.29 is 14.6 Å². The van der Waals surface area contributed by atoms with Crippen LogP contribution in [0.4, 0.5) is 5.69 Å². The summed E-state index contributed by atoms with van der Waals surface area (Å²) < 4.78 is 10.7. The molecule has 148 valence electrons. The number of hydrogen-bond acceptors (Lipinski definition) is 6. The number of rotatable bonds is 5. The minimum Gasteiger partial charge on any atom is -0.510 e. The number of amidine groups is 1. The molecular formula is C21H18ClN3O3S. The van der Waals surface area contributed by atoms with Crippen molar-refractivity contribution in [1.29, 1.82) is 5.41 Å².